The van der Waals surface area contributed by atoms with Gasteiger partial charge in [-0.2, -0.15) is 0 Å². The Bertz CT molecular complexity index is 1260. The molecule has 0 spiro atoms. The van der Waals surface area contributed by atoms with Gasteiger partial charge in [-0.1, -0.05) is 18.2 Å². The second-order valence-electron chi connectivity index (χ2n) is 7.17. The standard InChI is InChI=1S/C22H21N3O6S2/c1-24(33(28,29)21-7-4-12-32-21)15-8-10-16(11-9-15)30-14-20(26)25-13-19(22(23)27)31-18-6-3-2-5-17(18)25/h2-12,19H,13-14H2,1H3,(H2,23,27)/t19-/m1/s1. The third kappa shape index (κ3) is 4.64. The first-order valence-electron chi connectivity index (χ1n) is 9.88. The first-order chi connectivity index (χ1) is 15.8. The lowest BCUT2D eigenvalue weighted by Crippen LogP contribution is -2.50. The zero-order valence-corrected chi connectivity index (χ0v) is 19.2. The minimum Gasteiger partial charge on any atom is -0.484 e. The van der Waals surface area contributed by atoms with Gasteiger partial charge in [0.05, 0.1) is 17.9 Å². The Morgan fingerprint density at radius 2 is 1.88 bits per heavy atom. The van der Waals surface area contributed by atoms with Crippen LogP contribution in [0.3, 0.4) is 0 Å². The fourth-order valence-corrected chi connectivity index (χ4v) is 5.63. The second kappa shape index (κ2) is 9.12. The number of primary amides is 1. The number of nitrogens with zero attached hydrogens (tertiary/aromatic N) is 2. The molecule has 11 heteroatoms. The van der Waals surface area contributed by atoms with Crippen LogP contribution in [0.4, 0.5) is 11.4 Å². The average molecular weight is 488 g/mol. The number of amides is 2. The van der Waals surface area contributed by atoms with Gasteiger partial charge in [-0.15, -0.1) is 11.3 Å². The summed E-state index contributed by atoms with van der Waals surface area (Å²) in [4.78, 5) is 25.9. The van der Waals surface area contributed by atoms with Crippen LogP contribution in [0, 0.1) is 0 Å². The Labute approximate surface area is 195 Å². The number of anilines is 2. The maximum absolute atomic E-state index is 12.8. The lowest BCUT2D eigenvalue weighted by atomic mass is 10.2. The van der Waals surface area contributed by atoms with Crippen LogP contribution >= 0.6 is 11.3 Å². The molecule has 2 aromatic carbocycles. The maximum atomic E-state index is 12.8. The van der Waals surface area contributed by atoms with Crippen LogP contribution in [0.15, 0.2) is 70.3 Å². The van der Waals surface area contributed by atoms with Crippen molar-refractivity contribution >= 4 is 44.5 Å². The predicted molar refractivity (Wildman–Crippen MR) is 124 cm³/mol. The van der Waals surface area contributed by atoms with Crippen molar-refractivity contribution < 1.29 is 27.5 Å². The molecular weight excluding hydrogens is 466 g/mol. The van der Waals surface area contributed by atoms with Crippen molar-refractivity contribution in [1.29, 1.82) is 0 Å². The molecule has 2 N–H and O–H groups in total. The Morgan fingerprint density at radius 1 is 1.15 bits per heavy atom. The molecule has 3 aromatic rings. The summed E-state index contributed by atoms with van der Waals surface area (Å²) in [6.45, 7) is -0.304. The number of hydrogen-bond donors (Lipinski definition) is 1. The second-order valence-corrected chi connectivity index (χ2v) is 10.3. The number of para-hydroxylation sites is 2. The van der Waals surface area contributed by atoms with E-state index >= 15 is 0 Å². The quantitative estimate of drug-likeness (QED) is 0.546. The van der Waals surface area contributed by atoms with E-state index in [1.165, 1.54) is 16.3 Å². The van der Waals surface area contributed by atoms with Gasteiger partial charge < -0.3 is 20.1 Å². The molecular formula is C22H21N3O6S2. The molecule has 1 aliphatic heterocycles. The van der Waals surface area contributed by atoms with Crippen molar-refractivity contribution in [2.45, 2.75) is 10.3 Å². The van der Waals surface area contributed by atoms with Crippen LogP contribution in [0.25, 0.3) is 0 Å². The molecule has 0 unspecified atom stereocenters. The van der Waals surface area contributed by atoms with Gasteiger partial charge in [-0.3, -0.25) is 13.9 Å². The van der Waals surface area contributed by atoms with Crippen molar-refractivity contribution in [3.05, 3.63) is 66.0 Å². The van der Waals surface area contributed by atoms with E-state index in [0.717, 1.165) is 11.3 Å². The van der Waals surface area contributed by atoms with Crippen molar-refractivity contribution in [2.24, 2.45) is 5.73 Å². The van der Waals surface area contributed by atoms with E-state index in [1.54, 1.807) is 66.0 Å². The van der Waals surface area contributed by atoms with Crippen LogP contribution in [0.1, 0.15) is 0 Å². The molecule has 9 nitrogen and oxygen atoms in total. The molecule has 0 bridgehead atoms. The highest BCUT2D eigenvalue weighted by Gasteiger charge is 2.32. The molecule has 0 radical (unpaired) electrons. The number of hydrogen-bond acceptors (Lipinski definition) is 7. The highest BCUT2D eigenvalue weighted by atomic mass is 32.2. The molecule has 172 valence electrons. The van der Waals surface area contributed by atoms with Crippen LogP contribution in [0.2, 0.25) is 0 Å². The molecule has 1 atom stereocenters. The van der Waals surface area contributed by atoms with Crippen molar-refractivity contribution in [2.75, 3.05) is 29.4 Å². The molecule has 0 saturated heterocycles. The van der Waals surface area contributed by atoms with Gasteiger partial charge in [-0.05, 0) is 47.8 Å². The van der Waals surface area contributed by atoms with Crippen molar-refractivity contribution in [3.8, 4) is 11.5 Å². The van der Waals surface area contributed by atoms with E-state index in [2.05, 4.69) is 0 Å². The van der Waals surface area contributed by atoms with Crippen molar-refractivity contribution in [3.63, 3.8) is 0 Å². The Balaban J connectivity index is 1.43. The van der Waals surface area contributed by atoms with Gasteiger partial charge in [-0.25, -0.2) is 8.42 Å². The summed E-state index contributed by atoms with van der Waals surface area (Å²) in [5, 5.41) is 1.70. The topological polar surface area (TPSA) is 119 Å². The summed E-state index contributed by atoms with van der Waals surface area (Å²) in [7, 11) is -2.17. The minimum atomic E-state index is -3.64. The van der Waals surface area contributed by atoms with E-state index in [1.807, 2.05) is 0 Å². The SMILES string of the molecule is CN(c1ccc(OCC(=O)N2C[C@H](C(N)=O)Oc3ccccc32)cc1)S(=O)(=O)c1cccs1. The summed E-state index contributed by atoms with van der Waals surface area (Å²) in [5.74, 6) is -0.263. The van der Waals surface area contributed by atoms with Gasteiger partial charge in [0, 0.05) is 7.05 Å². The number of carbonyl (C=O) groups excluding carboxylic acids is 2. The van der Waals surface area contributed by atoms with E-state index < -0.39 is 22.0 Å². The lowest BCUT2D eigenvalue weighted by molar-refractivity contribution is -0.125. The Morgan fingerprint density at radius 3 is 2.55 bits per heavy atom. The highest BCUT2D eigenvalue weighted by molar-refractivity contribution is 7.94. The van der Waals surface area contributed by atoms with Gasteiger partial charge in [0.1, 0.15) is 15.7 Å². The van der Waals surface area contributed by atoms with Gasteiger partial charge in [0.15, 0.2) is 12.7 Å². The number of carbonyl (C=O) groups is 2. The largest absolute Gasteiger partial charge is 0.484 e. The number of rotatable bonds is 7. The van der Waals surface area contributed by atoms with Gasteiger partial charge >= 0.3 is 0 Å². The predicted octanol–water partition coefficient (Wildman–Crippen LogP) is 2.23. The number of benzene rings is 2. The summed E-state index contributed by atoms with van der Waals surface area (Å²) in [5.41, 5.74) is 6.35. The molecule has 1 aromatic heterocycles. The summed E-state index contributed by atoms with van der Waals surface area (Å²) in [6, 6.07) is 16.4. The fourth-order valence-electron chi connectivity index (χ4n) is 3.28. The number of ether oxygens (including phenoxy) is 2. The summed E-state index contributed by atoms with van der Waals surface area (Å²) >= 11 is 1.14. The molecule has 2 heterocycles. The summed E-state index contributed by atoms with van der Waals surface area (Å²) < 4.78 is 37.9. The van der Waals surface area contributed by atoms with E-state index in [4.69, 9.17) is 15.2 Å². The van der Waals surface area contributed by atoms with Crippen molar-refractivity contribution in [1.82, 2.24) is 0 Å². The first kappa shape index (κ1) is 22.6. The molecule has 1 aliphatic rings. The first-order valence-corrected chi connectivity index (χ1v) is 12.2. The maximum Gasteiger partial charge on any atom is 0.273 e. The van der Waals surface area contributed by atoms with E-state index in [0.29, 0.717) is 22.9 Å². The Hall–Kier alpha value is -3.57. The Kier molecular flexibility index (Phi) is 6.25. The normalized spacial score (nSPS) is 15.3. The lowest BCUT2D eigenvalue weighted by Gasteiger charge is -2.33. The fraction of sp³-hybridized carbons (Fsp3) is 0.182. The third-order valence-electron chi connectivity index (χ3n) is 5.06. The number of thiophene rings is 1. The summed E-state index contributed by atoms with van der Waals surface area (Å²) in [6.07, 6.45) is -0.955. The van der Waals surface area contributed by atoms with E-state index in [-0.39, 0.29) is 23.3 Å². The number of fused-ring (bicyclic) bond motifs is 1. The highest BCUT2D eigenvalue weighted by Crippen LogP contribution is 2.33. The van der Waals surface area contributed by atoms with Crippen LogP contribution in [-0.4, -0.2) is 46.5 Å². The average Bonchev–Trinajstić information content (AvgIpc) is 3.37. The monoisotopic (exact) mass is 487 g/mol. The van der Waals surface area contributed by atoms with Crippen LogP contribution < -0.4 is 24.4 Å². The third-order valence-corrected chi connectivity index (χ3v) is 8.22. The zero-order valence-electron chi connectivity index (χ0n) is 17.6. The zero-order chi connectivity index (χ0) is 23.6. The molecule has 0 fully saturated rings. The molecule has 2 amide bonds. The number of sulfonamides is 1. The van der Waals surface area contributed by atoms with Gasteiger partial charge in [0.2, 0.25) is 0 Å². The van der Waals surface area contributed by atoms with Crippen LogP contribution in [-0.2, 0) is 19.6 Å². The molecule has 4 rings (SSSR count). The smallest absolute Gasteiger partial charge is 0.273 e. The van der Waals surface area contributed by atoms with E-state index in [9.17, 15) is 18.0 Å². The van der Waals surface area contributed by atoms with Crippen LogP contribution in [0.5, 0.6) is 11.5 Å². The molecule has 0 aliphatic carbocycles. The molecule has 0 saturated carbocycles. The van der Waals surface area contributed by atoms with Gasteiger partial charge in [0.25, 0.3) is 21.8 Å². The molecule has 33 heavy (non-hydrogen) atoms. The number of nitrogens with two attached hydrogens (primary N) is 1. The minimum absolute atomic E-state index is 0.0150.